The van der Waals surface area contributed by atoms with Crippen molar-refractivity contribution in [1.29, 1.82) is 0 Å². The van der Waals surface area contributed by atoms with E-state index in [0.717, 1.165) is 10.9 Å². The van der Waals surface area contributed by atoms with Crippen LogP contribution in [-0.4, -0.2) is 52.7 Å². The predicted octanol–water partition coefficient (Wildman–Crippen LogP) is 0.407. The van der Waals surface area contributed by atoms with Crippen molar-refractivity contribution in [2.45, 2.75) is 25.7 Å². The molecular weight excluding hydrogens is 284 g/mol. The van der Waals surface area contributed by atoms with Crippen LogP contribution in [0.5, 0.6) is 0 Å². The highest BCUT2D eigenvalue weighted by atomic mass is 16.5. The van der Waals surface area contributed by atoms with Crippen molar-refractivity contribution in [3.8, 4) is 11.8 Å². The zero-order chi connectivity index (χ0) is 16.1. The van der Waals surface area contributed by atoms with Gasteiger partial charge in [0.2, 0.25) is 0 Å². The molecule has 0 amide bonds. The van der Waals surface area contributed by atoms with E-state index in [-0.39, 0.29) is 12.7 Å². The Labute approximate surface area is 129 Å². The second-order valence-electron chi connectivity index (χ2n) is 4.76. The topological polar surface area (TPSA) is 95.4 Å². The third-order valence-corrected chi connectivity index (χ3v) is 3.52. The normalized spacial score (nSPS) is 13.6. The number of hydrogen-bond acceptors (Lipinski definition) is 6. The summed E-state index contributed by atoms with van der Waals surface area (Å²) in [4.78, 5) is 8.31. The minimum atomic E-state index is -0.428. The highest BCUT2D eigenvalue weighted by molar-refractivity contribution is 5.92. The zero-order valence-corrected chi connectivity index (χ0v) is 12.9. The fourth-order valence-electron chi connectivity index (χ4n) is 2.40. The Morgan fingerprint density at radius 1 is 1.32 bits per heavy atom. The van der Waals surface area contributed by atoms with Gasteiger partial charge in [0.25, 0.3) is 0 Å². The van der Waals surface area contributed by atoms with Crippen LogP contribution in [0.1, 0.15) is 12.5 Å². The number of aromatic nitrogens is 3. The van der Waals surface area contributed by atoms with E-state index in [4.69, 9.17) is 15.2 Å². The second-order valence-corrected chi connectivity index (χ2v) is 4.76. The summed E-state index contributed by atoms with van der Waals surface area (Å²) in [6.07, 6.45) is 2.52. The average Bonchev–Trinajstić information content (AvgIpc) is 2.87. The molecule has 0 saturated carbocycles. The summed E-state index contributed by atoms with van der Waals surface area (Å²) in [5, 5.41) is 10.1. The molecule has 0 spiro atoms. The molecule has 0 saturated heterocycles. The Bertz CT molecular complexity index is 698. The SMILES string of the molecule is CC#Cc1cn(CC(OC)C(CO)OC)c2ncnc(N)c12. The highest BCUT2D eigenvalue weighted by Gasteiger charge is 2.22. The maximum atomic E-state index is 9.37. The first-order valence-corrected chi connectivity index (χ1v) is 6.84. The maximum absolute atomic E-state index is 9.37. The van der Waals surface area contributed by atoms with Gasteiger partial charge in [0.15, 0.2) is 0 Å². The minimum absolute atomic E-state index is 0.132. The molecular formula is C15H20N4O3. The molecule has 2 aromatic rings. The van der Waals surface area contributed by atoms with Crippen LogP contribution in [0.25, 0.3) is 11.0 Å². The van der Waals surface area contributed by atoms with Gasteiger partial charge in [0.1, 0.15) is 30.0 Å². The lowest BCUT2D eigenvalue weighted by molar-refractivity contribution is -0.0656. The summed E-state index contributed by atoms with van der Waals surface area (Å²) in [6, 6.07) is 0. The monoisotopic (exact) mass is 304 g/mol. The van der Waals surface area contributed by atoms with E-state index in [9.17, 15) is 5.11 Å². The number of nitrogens with two attached hydrogens (primary N) is 1. The number of nitrogen functional groups attached to an aromatic ring is 1. The fourth-order valence-corrected chi connectivity index (χ4v) is 2.40. The van der Waals surface area contributed by atoms with Crippen molar-refractivity contribution in [1.82, 2.24) is 14.5 Å². The molecule has 0 bridgehead atoms. The number of aliphatic hydroxyl groups is 1. The molecule has 0 radical (unpaired) electrons. The van der Waals surface area contributed by atoms with Gasteiger partial charge in [-0.3, -0.25) is 0 Å². The quantitative estimate of drug-likeness (QED) is 0.750. The van der Waals surface area contributed by atoms with E-state index in [1.165, 1.54) is 13.4 Å². The number of methoxy groups -OCH3 is 2. The Balaban J connectivity index is 2.46. The molecule has 7 heteroatoms. The Hall–Kier alpha value is -2.14. The third-order valence-electron chi connectivity index (χ3n) is 3.52. The van der Waals surface area contributed by atoms with E-state index in [1.807, 2.05) is 10.8 Å². The van der Waals surface area contributed by atoms with E-state index in [0.29, 0.717) is 18.0 Å². The van der Waals surface area contributed by atoms with Crippen molar-refractivity contribution in [2.24, 2.45) is 0 Å². The molecule has 2 heterocycles. The standard InChI is InChI=1S/C15H20N4O3/c1-4-5-10-6-19(7-11(21-2)12(8-20)22-3)15-13(10)14(16)17-9-18-15/h6,9,11-12,20H,7-8H2,1-3H3,(H2,16,17,18). The molecule has 22 heavy (non-hydrogen) atoms. The highest BCUT2D eigenvalue weighted by Crippen LogP contribution is 2.24. The molecule has 2 rings (SSSR count). The molecule has 7 nitrogen and oxygen atoms in total. The van der Waals surface area contributed by atoms with Gasteiger partial charge in [-0.15, -0.1) is 5.92 Å². The summed E-state index contributed by atoms with van der Waals surface area (Å²) < 4.78 is 12.6. The van der Waals surface area contributed by atoms with Gasteiger partial charge in [-0.1, -0.05) is 5.92 Å². The summed E-state index contributed by atoms with van der Waals surface area (Å²) in [5.41, 5.74) is 7.40. The first kappa shape index (κ1) is 16.2. The Morgan fingerprint density at radius 2 is 2.05 bits per heavy atom. The van der Waals surface area contributed by atoms with Crippen LogP contribution in [0.4, 0.5) is 5.82 Å². The van der Waals surface area contributed by atoms with Crippen LogP contribution in [-0.2, 0) is 16.0 Å². The van der Waals surface area contributed by atoms with E-state index in [1.54, 1.807) is 14.0 Å². The lowest BCUT2D eigenvalue weighted by Gasteiger charge is -2.23. The van der Waals surface area contributed by atoms with Crippen molar-refractivity contribution >= 4 is 16.9 Å². The minimum Gasteiger partial charge on any atom is -0.394 e. The molecule has 0 aliphatic heterocycles. The molecule has 2 aromatic heterocycles. The van der Waals surface area contributed by atoms with Crippen LogP contribution in [0.15, 0.2) is 12.5 Å². The van der Waals surface area contributed by atoms with Crippen LogP contribution in [0, 0.1) is 11.8 Å². The summed E-state index contributed by atoms with van der Waals surface area (Å²) in [6.45, 7) is 2.08. The van der Waals surface area contributed by atoms with Gasteiger partial charge in [0, 0.05) is 20.4 Å². The predicted molar refractivity (Wildman–Crippen MR) is 83.2 cm³/mol. The fraction of sp³-hybridized carbons (Fsp3) is 0.467. The molecule has 3 N–H and O–H groups in total. The molecule has 0 fully saturated rings. The molecule has 0 aliphatic carbocycles. The van der Waals surface area contributed by atoms with Gasteiger partial charge in [-0.25, -0.2) is 9.97 Å². The van der Waals surface area contributed by atoms with Crippen LogP contribution >= 0.6 is 0 Å². The third kappa shape index (κ3) is 3.04. The van der Waals surface area contributed by atoms with Gasteiger partial charge >= 0.3 is 0 Å². The smallest absolute Gasteiger partial charge is 0.146 e. The van der Waals surface area contributed by atoms with E-state index in [2.05, 4.69) is 21.8 Å². The maximum Gasteiger partial charge on any atom is 0.146 e. The zero-order valence-electron chi connectivity index (χ0n) is 12.9. The van der Waals surface area contributed by atoms with Crippen LogP contribution in [0.3, 0.4) is 0 Å². The summed E-state index contributed by atoms with van der Waals surface area (Å²) >= 11 is 0. The van der Waals surface area contributed by atoms with Crippen molar-refractivity contribution < 1.29 is 14.6 Å². The Kier molecular flexibility index (Phi) is 5.33. The van der Waals surface area contributed by atoms with E-state index >= 15 is 0 Å². The number of hydrogen-bond donors (Lipinski definition) is 2. The molecule has 0 aromatic carbocycles. The van der Waals surface area contributed by atoms with Crippen LogP contribution in [0.2, 0.25) is 0 Å². The number of nitrogens with zero attached hydrogens (tertiary/aromatic N) is 3. The number of rotatable bonds is 6. The van der Waals surface area contributed by atoms with Gasteiger partial charge in [0.05, 0.1) is 24.1 Å². The van der Waals surface area contributed by atoms with Gasteiger partial charge in [-0.2, -0.15) is 0 Å². The first-order valence-electron chi connectivity index (χ1n) is 6.84. The van der Waals surface area contributed by atoms with Crippen molar-refractivity contribution in [3.05, 3.63) is 18.1 Å². The molecule has 0 aliphatic rings. The lowest BCUT2D eigenvalue weighted by atomic mass is 10.2. The van der Waals surface area contributed by atoms with Crippen molar-refractivity contribution in [2.75, 3.05) is 26.6 Å². The number of aliphatic hydroxyl groups excluding tert-OH is 1. The number of ether oxygens (including phenoxy) is 2. The van der Waals surface area contributed by atoms with Gasteiger partial charge < -0.3 is 24.9 Å². The summed E-state index contributed by atoms with van der Waals surface area (Å²) in [7, 11) is 3.11. The summed E-state index contributed by atoms with van der Waals surface area (Å²) in [5.74, 6) is 6.26. The number of fused-ring (bicyclic) bond motifs is 1. The average molecular weight is 304 g/mol. The molecule has 2 unspecified atom stereocenters. The van der Waals surface area contributed by atoms with E-state index < -0.39 is 6.10 Å². The van der Waals surface area contributed by atoms with Crippen molar-refractivity contribution in [3.63, 3.8) is 0 Å². The Morgan fingerprint density at radius 3 is 2.64 bits per heavy atom. The molecule has 2 atom stereocenters. The largest absolute Gasteiger partial charge is 0.394 e. The number of anilines is 1. The second kappa shape index (κ2) is 7.22. The van der Waals surface area contributed by atoms with Crippen LogP contribution < -0.4 is 5.73 Å². The lowest BCUT2D eigenvalue weighted by Crippen LogP contribution is -2.36. The molecule has 118 valence electrons. The first-order chi connectivity index (χ1) is 10.7. The van der Waals surface area contributed by atoms with Gasteiger partial charge in [-0.05, 0) is 6.92 Å².